The maximum Gasteiger partial charge on any atom is 0.0725 e. The molecule has 4 atom stereocenters. The van der Waals surface area contributed by atoms with E-state index in [1.807, 2.05) is 11.8 Å². The summed E-state index contributed by atoms with van der Waals surface area (Å²) in [7, 11) is 0. The lowest BCUT2D eigenvalue weighted by Crippen LogP contribution is -2.27. The van der Waals surface area contributed by atoms with Crippen LogP contribution in [0.15, 0.2) is 156 Å². The summed E-state index contributed by atoms with van der Waals surface area (Å²) in [5.74, 6) is 0.534. The predicted octanol–water partition coefficient (Wildman–Crippen LogP) is 12.9. The van der Waals surface area contributed by atoms with Gasteiger partial charge >= 0.3 is 0 Å². The van der Waals surface area contributed by atoms with Gasteiger partial charge in [0, 0.05) is 15.8 Å². The van der Waals surface area contributed by atoms with E-state index < -0.39 is 0 Å². The predicted molar refractivity (Wildman–Crippen MR) is 218 cm³/mol. The quantitative estimate of drug-likeness (QED) is 0.198. The molecule has 2 aliphatic heterocycles. The maximum atomic E-state index is 4.01. The van der Waals surface area contributed by atoms with E-state index in [0.29, 0.717) is 17.2 Å². The van der Waals surface area contributed by atoms with Crippen molar-refractivity contribution in [3.8, 4) is 33.4 Å². The first kappa shape index (κ1) is 30.6. The fraction of sp³-hybridized carbons (Fsp3) is 0.200. The molecule has 6 aromatic carbocycles. The Balaban J connectivity index is 1.03. The molecule has 5 aliphatic rings. The molecule has 252 valence electrons. The SMILES string of the molecule is CC1Sc2cc3c(cc2C1C)C1(c2ccccc2-3)c2ccccc2-c2c(-c3cccc(C4CCC5=C(CCC(c6ccccc6)=C5)N4)c3)cccc21. The van der Waals surface area contributed by atoms with Crippen LogP contribution in [0.4, 0.5) is 0 Å². The number of hydrogen-bond acceptors (Lipinski definition) is 2. The standard InChI is InChI=1S/C50H41NS/c1-30-31(2)52-48-29-41-38-16-6-8-19-42(38)50(45(41)28-40(30)48)43-20-9-7-17-39(43)49-37(18-11-21-44(49)50)34-14-10-15-35(27-34)46-25-23-36-26-33(22-24-47(36)51-46)32-12-4-3-5-13-32/h3-21,26-31,46,51H,22-25H2,1-2H3. The molecule has 1 N–H and O–H groups in total. The van der Waals surface area contributed by atoms with Gasteiger partial charge in [-0.05, 0) is 127 Å². The van der Waals surface area contributed by atoms with Crippen molar-refractivity contribution in [3.05, 3.63) is 190 Å². The van der Waals surface area contributed by atoms with Crippen molar-refractivity contribution < 1.29 is 0 Å². The second-order valence-electron chi connectivity index (χ2n) is 15.5. The second-order valence-corrected chi connectivity index (χ2v) is 16.9. The Kier molecular flexibility index (Phi) is 6.74. The van der Waals surface area contributed by atoms with Crippen LogP contribution in [0.2, 0.25) is 0 Å². The third-order valence-electron chi connectivity index (χ3n) is 12.9. The number of fused-ring (bicyclic) bond motifs is 11. The Morgan fingerprint density at radius 3 is 2.17 bits per heavy atom. The highest BCUT2D eigenvalue weighted by molar-refractivity contribution is 8.00. The van der Waals surface area contributed by atoms with Gasteiger partial charge in [-0.2, -0.15) is 0 Å². The van der Waals surface area contributed by atoms with Gasteiger partial charge in [-0.1, -0.05) is 141 Å². The molecule has 0 bridgehead atoms. The van der Waals surface area contributed by atoms with E-state index in [4.69, 9.17) is 0 Å². The highest BCUT2D eigenvalue weighted by atomic mass is 32.2. The van der Waals surface area contributed by atoms with Crippen LogP contribution in [0.25, 0.3) is 39.0 Å². The first-order chi connectivity index (χ1) is 25.6. The fourth-order valence-electron chi connectivity index (χ4n) is 10.3. The van der Waals surface area contributed by atoms with Gasteiger partial charge in [-0.3, -0.25) is 0 Å². The van der Waals surface area contributed by atoms with Crippen LogP contribution in [0.3, 0.4) is 0 Å². The van der Waals surface area contributed by atoms with Gasteiger partial charge in [0.05, 0.1) is 11.5 Å². The Morgan fingerprint density at radius 2 is 1.31 bits per heavy atom. The maximum absolute atomic E-state index is 4.01. The molecule has 0 amide bonds. The van der Waals surface area contributed by atoms with E-state index in [-0.39, 0.29) is 5.41 Å². The molecule has 0 fully saturated rings. The number of allylic oxidation sites excluding steroid dienone is 4. The van der Waals surface area contributed by atoms with Crippen molar-refractivity contribution >= 4 is 17.3 Å². The van der Waals surface area contributed by atoms with Crippen LogP contribution in [-0.4, -0.2) is 5.25 Å². The van der Waals surface area contributed by atoms with Crippen molar-refractivity contribution in [2.45, 2.75) is 67.1 Å². The van der Waals surface area contributed by atoms with Gasteiger partial charge in [-0.15, -0.1) is 11.8 Å². The largest absolute Gasteiger partial charge is 0.381 e. The second kappa shape index (κ2) is 11.5. The third kappa shape index (κ3) is 4.25. The minimum atomic E-state index is -0.336. The van der Waals surface area contributed by atoms with Crippen molar-refractivity contribution in [1.29, 1.82) is 0 Å². The zero-order chi connectivity index (χ0) is 34.6. The number of rotatable bonds is 3. The number of nitrogens with one attached hydrogen (secondary N) is 1. The topological polar surface area (TPSA) is 12.0 Å². The van der Waals surface area contributed by atoms with E-state index in [9.17, 15) is 0 Å². The summed E-state index contributed by atoms with van der Waals surface area (Å²) < 4.78 is 0. The average molecular weight is 688 g/mol. The van der Waals surface area contributed by atoms with Crippen molar-refractivity contribution in [2.75, 3.05) is 0 Å². The zero-order valence-corrected chi connectivity index (χ0v) is 30.6. The third-order valence-corrected chi connectivity index (χ3v) is 14.3. The van der Waals surface area contributed by atoms with Gasteiger partial charge in [0.25, 0.3) is 0 Å². The first-order valence-electron chi connectivity index (χ1n) is 19.1. The minimum Gasteiger partial charge on any atom is -0.381 e. The number of thioether (sulfide) groups is 1. The molecule has 3 aliphatic carbocycles. The van der Waals surface area contributed by atoms with Crippen molar-refractivity contribution in [3.63, 3.8) is 0 Å². The fourth-order valence-corrected chi connectivity index (χ4v) is 11.6. The van der Waals surface area contributed by atoms with Crippen molar-refractivity contribution in [1.82, 2.24) is 5.32 Å². The zero-order valence-electron chi connectivity index (χ0n) is 29.7. The summed E-state index contributed by atoms with van der Waals surface area (Å²) in [6.45, 7) is 4.80. The molecule has 6 aromatic rings. The lowest BCUT2D eigenvalue weighted by molar-refractivity contribution is 0.501. The molecular weight excluding hydrogens is 647 g/mol. The monoisotopic (exact) mass is 687 g/mol. The summed E-state index contributed by atoms with van der Waals surface area (Å²) in [6, 6.07) is 51.4. The molecule has 4 unspecified atom stereocenters. The summed E-state index contributed by atoms with van der Waals surface area (Å²) in [4.78, 5) is 1.46. The normalized spacial score (nSPS) is 23.3. The number of hydrogen-bond donors (Lipinski definition) is 1. The summed E-state index contributed by atoms with van der Waals surface area (Å²) >= 11 is 2.05. The summed E-state index contributed by atoms with van der Waals surface area (Å²) in [5.41, 5.74) is 22.2. The van der Waals surface area contributed by atoms with Gasteiger partial charge in [-0.25, -0.2) is 0 Å². The molecule has 0 radical (unpaired) electrons. The molecule has 2 heterocycles. The summed E-state index contributed by atoms with van der Waals surface area (Å²) in [6.07, 6.45) is 6.85. The van der Waals surface area contributed by atoms with E-state index >= 15 is 0 Å². The van der Waals surface area contributed by atoms with Crippen LogP contribution in [-0.2, 0) is 5.41 Å². The molecule has 52 heavy (non-hydrogen) atoms. The van der Waals surface area contributed by atoms with Gasteiger partial charge in [0.15, 0.2) is 0 Å². The van der Waals surface area contributed by atoms with Crippen LogP contribution in [0.1, 0.15) is 90.4 Å². The lowest BCUT2D eigenvalue weighted by Gasteiger charge is -2.32. The van der Waals surface area contributed by atoms with Gasteiger partial charge in [0.1, 0.15) is 0 Å². The van der Waals surface area contributed by atoms with E-state index in [1.165, 1.54) is 94.1 Å². The molecule has 0 saturated carbocycles. The van der Waals surface area contributed by atoms with E-state index in [0.717, 1.165) is 25.7 Å². The minimum absolute atomic E-state index is 0.318. The molecule has 0 saturated heterocycles. The Bertz CT molecular complexity index is 2520. The Morgan fingerprint density at radius 1 is 0.596 bits per heavy atom. The average Bonchev–Trinajstić information content (AvgIpc) is 3.78. The molecule has 11 rings (SSSR count). The first-order valence-corrected chi connectivity index (χ1v) is 20.0. The van der Waals surface area contributed by atoms with E-state index in [2.05, 4.69) is 159 Å². The Hall–Kier alpha value is -5.05. The van der Waals surface area contributed by atoms with Crippen molar-refractivity contribution in [2.24, 2.45) is 0 Å². The van der Waals surface area contributed by atoms with Crippen LogP contribution in [0, 0.1) is 0 Å². The number of benzene rings is 6. The molecule has 1 spiro atoms. The van der Waals surface area contributed by atoms with Gasteiger partial charge in [0.2, 0.25) is 0 Å². The van der Waals surface area contributed by atoms with Crippen LogP contribution < -0.4 is 5.32 Å². The Labute approximate surface area is 311 Å². The lowest BCUT2D eigenvalue weighted by atomic mass is 9.70. The van der Waals surface area contributed by atoms with E-state index in [1.54, 1.807) is 0 Å². The van der Waals surface area contributed by atoms with Gasteiger partial charge < -0.3 is 5.32 Å². The highest BCUT2D eigenvalue weighted by Gasteiger charge is 2.53. The molecular formula is C50H41NS. The van der Waals surface area contributed by atoms with Crippen LogP contribution >= 0.6 is 11.8 Å². The summed E-state index contributed by atoms with van der Waals surface area (Å²) in [5, 5.41) is 4.60. The van der Waals surface area contributed by atoms with Crippen LogP contribution in [0.5, 0.6) is 0 Å². The molecule has 0 aromatic heterocycles. The smallest absolute Gasteiger partial charge is 0.0725 e. The molecule has 2 heteroatoms. The molecule has 1 nitrogen and oxygen atoms in total. The highest BCUT2D eigenvalue weighted by Crippen LogP contribution is 2.65.